The number of hydrogen-bond acceptors (Lipinski definition) is 8. The quantitative estimate of drug-likeness (QED) is 0.255. The van der Waals surface area contributed by atoms with Gasteiger partial charge in [0.25, 0.3) is 11.8 Å². The number of carbonyl (C=O) groups excluding carboxylic acids is 2. The first-order valence-corrected chi connectivity index (χ1v) is 13.4. The summed E-state index contributed by atoms with van der Waals surface area (Å²) in [7, 11) is 1.52. The fourth-order valence-corrected chi connectivity index (χ4v) is 4.96. The van der Waals surface area contributed by atoms with Gasteiger partial charge in [-0.25, -0.2) is 9.20 Å². The van der Waals surface area contributed by atoms with E-state index in [-0.39, 0.29) is 52.5 Å². The van der Waals surface area contributed by atoms with Crippen LogP contribution in [0, 0.1) is 0 Å². The number of halogens is 2. The molecule has 1 aliphatic rings. The molecule has 5 rings (SSSR count). The summed E-state index contributed by atoms with van der Waals surface area (Å²) in [6, 6.07) is 7.55. The van der Waals surface area contributed by atoms with Gasteiger partial charge >= 0.3 is 6.55 Å². The molecule has 4 N–H and O–H groups in total. The molecule has 224 valence electrons. The largest absolute Gasteiger partial charge is 0.495 e. The predicted octanol–water partition coefficient (Wildman–Crippen LogP) is 3.46. The van der Waals surface area contributed by atoms with Crippen LogP contribution in [0.15, 0.2) is 36.5 Å². The number of nitrogens with zero attached hydrogens (tertiary/aromatic N) is 4. The van der Waals surface area contributed by atoms with Crippen LogP contribution in [0.5, 0.6) is 17.4 Å². The van der Waals surface area contributed by atoms with Gasteiger partial charge in [-0.05, 0) is 63.8 Å². The van der Waals surface area contributed by atoms with E-state index in [0.717, 1.165) is 0 Å². The molecule has 42 heavy (non-hydrogen) atoms. The molecular weight excluding hydrogens is 554 g/mol. The molecule has 0 unspecified atom stereocenters. The van der Waals surface area contributed by atoms with Crippen LogP contribution in [0.1, 0.15) is 66.9 Å². The van der Waals surface area contributed by atoms with E-state index in [1.165, 1.54) is 23.8 Å². The van der Waals surface area contributed by atoms with E-state index in [1.807, 2.05) is 0 Å². The third-order valence-corrected chi connectivity index (χ3v) is 7.01. The van der Waals surface area contributed by atoms with E-state index in [0.29, 0.717) is 41.6 Å². The number of pyridine rings is 1. The van der Waals surface area contributed by atoms with Crippen molar-refractivity contribution in [1.29, 1.82) is 0 Å². The summed E-state index contributed by atoms with van der Waals surface area (Å²) in [4.78, 5) is 25.3. The summed E-state index contributed by atoms with van der Waals surface area (Å²) in [5.41, 5.74) is 5.07. The third-order valence-electron chi connectivity index (χ3n) is 7.01. The van der Waals surface area contributed by atoms with Crippen LogP contribution in [-0.2, 0) is 0 Å². The van der Waals surface area contributed by atoms with Crippen LogP contribution in [0.3, 0.4) is 0 Å². The summed E-state index contributed by atoms with van der Waals surface area (Å²) in [5.74, 6) is -0.301. The topological polar surface area (TPSA) is 155 Å². The molecule has 12 nitrogen and oxygen atoms in total. The van der Waals surface area contributed by atoms with Gasteiger partial charge in [-0.3, -0.25) is 9.59 Å². The number of primary amides is 1. The van der Waals surface area contributed by atoms with Crippen molar-refractivity contribution >= 4 is 28.2 Å². The molecule has 1 aromatic carbocycles. The lowest BCUT2D eigenvalue weighted by molar-refractivity contribution is 0.0284. The maximum Gasteiger partial charge on any atom is 0.333 e. The van der Waals surface area contributed by atoms with Gasteiger partial charge in [0, 0.05) is 17.5 Å². The first-order valence-electron chi connectivity index (χ1n) is 13.4. The van der Waals surface area contributed by atoms with Crippen molar-refractivity contribution in [1.82, 2.24) is 24.7 Å². The fraction of sp³-hybridized carbons (Fsp3) is 0.429. The molecular formula is C28H32F2N6O6. The Morgan fingerprint density at radius 2 is 1.83 bits per heavy atom. The number of nitrogens with one attached hydrogen (secondary N) is 1. The lowest BCUT2D eigenvalue weighted by Crippen LogP contribution is -2.40. The Morgan fingerprint density at radius 1 is 1.12 bits per heavy atom. The van der Waals surface area contributed by atoms with E-state index >= 15 is 0 Å². The lowest BCUT2D eigenvalue weighted by atomic mass is 9.92. The number of fused-ring (bicyclic) bond motifs is 2. The number of ether oxygens (including phenoxy) is 3. The highest BCUT2D eigenvalue weighted by Crippen LogP contribution is 2.31. The fourth-order valence-electron chi connectivity index (χ4n) is 4.96. The molecule has 0 radical (unpaired) electrons. The molecule has 1 saturated carbocycles. The summed E-state index contributed by atoms with van der Waals surface area (Å²) >= 11 is 0. The van der Waals surface area contributed by atoms with Gasteiger partial charge in [-0.2, -0.15) is 13.9 Å². The Labute approximate surface area is 239 Å². The van der Waals surface area contributed by atoms with Crippen molar-refractivity contribution in [2.75, 3.05) is 13.7 Å². The van der Waals surface area contributed by atoms with Gasteiger partial charge in [0.15, 0.2) is 5.69 Å². The van der Waals surface area contributed by atoms with Crippen LogP contribution in [0.4, 0.5) is 8.78 Å². The number of nitrogens with two attached hydrogens (primary N) is 1. The molecule has 2 amide bonds. The van der Waals surface area contributed by atoms with E-state index in [2.05, 4.69) is 15.5 Å². The number of hydrogen-bond donors (Lipinski definition) is 3. The molecule has 14 heteroatoms. The highest BCUT2D eigenvalue weighted by Gasteiger charge is 2.29. The maximum absolute atomic E-state index is 13.8. The minimum absolute atomic E-state index is 0.0378. The van der Waals surface area contributed by atoms with Gasteiger partial charge in [-0.15, -0.1) is 5.10 Å². The molecule has 1 fully saturated rings. The van der Waals surface area contributed by atoms with Crippen LogP contribution in [0.2, 0.25) is 0 Å². The standard InChI is InChI=1S/C28H32F2N6O6/c1-28(2,39)14-41-17-8-10-19-21(12-17)36(27(29)30)33-23(19)25(38)32-15-4-6-16(7-5-15)42-26-22(24(31)37)20-11-9-18(40-3)13-35(20)34-26/h8-13,15-16,27,39H,4-7,14H2,1-3H3,(H2,31,37)(H,32,38). The van der Waals surface area contributed by atoms with Crippen molar-refractivity contribution < 1.29 is 37.7 Å². The maximum atomic E-state index is 13.8. The monoisotopic (exact) mass is 586 g/mol. The van der Waals surface area contributed by atoms with E-state index in [4.69, 9.17) is 19.9 Å². The summed E-state index contributed by atoms with van der Waals surface area (Å²) in [6.07, 6.45) is 3.54. The smallest absolute Gasteiger partial charge is 0.333 e. The van der Waals surface area contributed by atoms with Crippen molar-refractivity contribution in [3.8, 4) is 17.4 Å². The molecule has 0 bridgehead atoms. The van der Waals surface area contributed by atoms with Gasteiger partial charge < -0.3 is 30.4 Å². The molecule has 0 aliphatic heterocycles. The molecule has 1 aliphatic carbocycles. The van der Waals surface area contributed by atoms with Crippen LogP contribution in [0.25, 0.3) is 16.4 Å². The number of alkyl halides is 2. The van der Waals surface area contributed by atoms with Crippen molar-refractivity contribution in [3.63, 3.8) is 0 Å². The third kappa shape index (κ3) is 6.08. The zero-order chi connectivity index (χ0) is 30.2. The number of rotatable bonds is 10. The number of methoxy groups -OCH3 is 1. The minimum Gasteiger partial charge on any atom is -0.495 e. The van der Waals surface area contributed by atoms with Gasteiger partial charge in [-0.1, -0.05) is 0 Å². The predicted molar refractivity (Wildman–Crippen MR) is 147 cm³/mol. The van der Waals surface area contributed by atoms with E-state index in [1.54, 1.807) is 38.2 Å². The van der Waals surface area contributed by atoms with Gasteiger partial charge in [0.1, 0.15) is 29.8 Å². The van der Waals surface area contributed by atoms with Crippen molar-refractivity contribution in [2.45, 2.75) is 63.8 Å². The highest BCUT2D eigenvalue weighted by atomic mass is 19.3. The van der Waals surface area contributed by atoms with Crippen molar-refractivity contribution in [2.24, 2.45) is 5.73 Å². The molecule has 0 spiro atoms. The first-order chi connectivity index (χ1) is 19.9. The lowest BCUT2D eigenvalue weighted by Gasteiger charge is -2.28. The molecule has 3 heterocycles. The Balaban J connectivity index is 1.25. The minimum atomic E-state index is -2.97. The average Bonchev–Trinajstić information content (AvgIpc) is 3.50. The SMILES string of the molecule is COc1ccc2c(C(N)=O)c(OC3CCC(NC(=O)c4nn(C(F)F)c5cc(OCC(C)(C)O)ccc45)CC3)nn2c1. The summed E-state index contributed by atoms with van der Waals surface area (Å²) in [6.45, 7) is 0.104. The molecule has 3 aromatic heterocycles. The first kappa shape index (κ1) is 29.0. The van der Waals surface area contributed by atoms with Crippen molar-refractivity contribution in [3.05, 3.63) is 47.8 Å². The Morgan fingerprint density at radius 3 is 2.48 bits per heavy atom. The highest BCUT2D eigenvalue weighted by molar-refractivity contribution is 6.05. The second-order valence-corrected chi connectivity index (χ2v) is 10.9. The number of carbonyl (C=O) groups is 2. The number of aliphatic hydroxyl groups is 1. The number of benzene rings is 1. The normalized spacial score (nSPS) is 17.5. The number of aromatic nitrogens is 4. The van der Waals surface area contributed by atoms with Gasteiger partial charge in [0.2, 0.25) is 5.88 Å². The average molecular weight is 587 g/mol. The van der Waals surface area contributed by atoms with Gasteiger partial charge in [0.05, 0.1) is 29.9 Å². The second kappa shape index (κ2) is 11.4. The van der Waals surface area contributed by atoms with Crippen LogP contribution in [-0.4, -0.2) is 67.8 Å². The second-order valence-electron chi connectivity index (χ2n) is 10.9. The van der Waals surface area contributed by atoms with E-state index in [9.17, 15) is 23.5 Å². The molecule has 0 atom stereocenters. The Bertz CT molecular complexity index is 1620. The van der Waals surface area contributed by atoms with Crippen LogP contribution < -0.4 is 25.3 Å². The Hall–Kier alpha value is -4.46. The summed E-state index contributed by atoms with van der Waals surface area (Å²) in [5, 5.41) is 21.3. The van der Waals surface area contributed by atoms with Crippen LogP contribution >= 0.6 is 0 Å². The van der Waals surface area contributed by atoms with E-state index < -0.39 is 24.0 Å². The zero-order valence-corrected chi connectivity index (χ0v) is 23.3. The molecule has 0 saturated heterocycles. The number of amides is 2. The Kier molecular flexibility index (Phi) is 7.91. The zero-order valence-electron chi connectivity index (χ0n) is 23.3. The molecule has 4 aromatic rings. The summed E-state index contributed by atoms with van der Waals surface area (Å²) < 4.78 is 46.3.